The summed E-state index contributed by atoms with van der Waals surface area (Å²) >= 11 is 0. The van der Waals surface area contributed by atoms with E-state index in [9.17, 15) is 0 Å². The molecule has 0 aliphatic rings. The molecule has 1 heterocycles. The van der Waals surface area contributed by atoms with Crippen LogP contribution in [0.3, 0.4) is 0 Å². The van der Waals surface area contributed by atoms with Gasteiger partial charge in [0.2, 0.25) is 0 Å². The van der Waals surface area contributed by atoms with Gasteiger partial charge in [-0.1, -0.05) is 13.8 Å². The summed E-state index contributed by atoms with van der Waals surface area (Å²) in [6, 6.07) is 0. The van der Waals surface area contributed by atoms with Gasteiger partial charge in [-0.05, 0) is 12.8 Å². The predicted molar refractivity (Wildman–Crippen MR) is 60.5 cm³/mol. The largest absolute Gasteiger partial charge is 0.379 e. The van der Waals surface area contributed by atoms with Crippen LogP contribution in [0.5, 0.6) is 0 Å². The van der Waals surface area contributed by atoms with Gasteiger partial charge in [0.1, 0.15) is 0 Å². The van der Waals surface area contributed by atoms with Crippen molar-refractivity contribution in [2.75, 3.05) is 13.2 Å². The number of rotatable bonds is 6. The van der Waals surface area contributed by atoms with E-state index < -0.39 is 0 Å². The van der Waals surface area contributed by atoms with Crippen LogP contribution in [0.4, 0.5) is 0 Å². The number of nitrogens with zero attached hydrogens (tertiary/aromatic N) is 2. The fourth-order valence-corrected chi connectivity index (χ4v) is 1.38. The number of nitrogens with two attached hydrogens (primary N) is 1. The number of aromatic nitrogens is 2. The Morgan fingerprint density at radius 2 is 2.27 bits per heavy atom. The molecule has 0 saturated carbocycles. The smallest absolute Gasteiger partial charge is 0.0662 e. The molecule has 0 spiro atoms. The highest BCUT2D eigenvalue weighted by atomic mass is 16.5. The van der Waals surface area contributed by atoms with Gasteiger partial charge >= 0.3 is 0 Å². The normalized spacial score (nSPS) is 11.3. The molecule has 4 heteroatoms. The van der Waals surface area contributed by atoms with E-state index in [1.807, 2.05) is 17.8 Å². The summed E-state index contributed by atoms with van der Waals surface area (Å²) in [5.74, 6) is 0.586. The maximum absolute atomic E-state index is 5.57. The summed E-state index contributed by atoms with van der Waals surface area (Å²) in [5, 5.41) is 4.26. The fraction of sp³-hybridized carbons (Fsp3) is 0.727. The lowest BCUT2D eigenvalue weighted by molar-refractivity contribution is 0.101. The lowest BCUT2D eigenvalue weighted by atomic mass is 10.2. The molecule has 15 heavy (non-hydrogen) atoms. The van der Waals surface area contributed by atoms with Crippen molar-refractivity contribution < 1.29 is 4.74 Å². The van der Waals surface area contributed by atoms with Gasteiger partial charge in [0.25, 0.3) is 0 Å². The summed E-state index contributed by atoms with van der Waals surface area (Å²) in [7, 11) is 0. The highest BCUT2D eigenvalue weighted by Gasteiger charge is 2.04. The van der Waals surface area contributed by atoms with Gasteiger partial charge in [-0.25, -0.2) is 0 Å². The van der Waals surface area contributed by atoms with Gasteiger partial charge in [0.05, 0.1) is 19.3 Å². The molecule has 0 fully saturated rings. The van der Waals surface area contributed by atoms with Crippen molar-refractivity contribution in [2.45, 2.75) is 33.9 Å². The first-order valence-corrected chi connectivity index (χ1v) is 5.44. The molecular weight excluding hydrogens is 190 g/mol. The van der Waals surface area contributed by atoms with Crippen LogP contribution < -0.4 is 5.73 Å². The Labute approximate surface area is 91.4 Å². The molecule has 0 aromatic carbocycles. The average Bonchev–Trinajstić information content (AvgIpc) is 2.54. The van der Waals surface area contributed by atoms with E-state index >= 15 is 0 Å². The first kappa shape index (κ1) is 12.2. The van der Waals surface area contributed by atoms with Gasteiger partial charge in [-0.3, -0.25) is 4.68 Å². The maximum atomic E-state index is 5.57. The molecule has 2 N–H and O–H groups in total. The van der Waals surface area contributed by atoms with Crippen LogP contribution in [-0.2, 0) is 17.8 Å². The van der Waals surface area contributed by atoms with Crippen molar-refractivity contribution in [3.63, 3.8) is 0 Å². The second-order valence-corrected chi connectivity index (χ2v) is 4.15. The van der Waals surface area contributed by atoms with Crippen LogP contribution in [0.15, 0.2) is 6.20 Å². The molecule has 0 bridgehead atoms. The zero-order valence-corrected chi connectivity index (χ0v) is 9.86. The Morgan fingerprint density at radius 1 is 1.53 bits per heavy atom. The van der Waals surface area contributed by atoms with Crippen LogP contribution >= 0.6 is 0 Å². The Hall–Kier alpha value is -0.870. The van der Waals surface area contributed by atoms with E-state index in [4.69, 9.17) is 10.5 Å². The fourth-order valence-electron chi connectivity index (χ4n) is 1.38. The van der Waals surface area contributed by atoms with E-state index in [2.05, 4.69) is 18.9 Å². The first-order valence-electron chi connectivity index (χ1n) is 5.44. The standard InChI is InChI=1S/C11H21N3O/c1-9(2)8-15-5-4-14-10(3)11(6-12)7-13-14/h7,9H,4-6,8,12H2,1-3H3. The molecule has 0 atom stereocenters. The minimum Gasteiger partial charge on any atom is -0.379 e. The second kappa shape index (κ2) is 5.88. The van der Waals surface area contributed by atoms with Crippen LogP contribution in [-0.4, -0.2) is 23.0 Å². The Morgan fingerprint density at radius 3 is 2.80 bits per heavy atom. The SMILES string of the molecule is Cc1c(CN)cnn1CCOCC(C)C. The summed E-state index contributed by atoms with van der Waals surface area (Å²) in [6.45, 7) is 9.21. The molecule has 0 radical (unpaired) electrons. The highest BCUT2D eigenvalue weighted by Crippen LogP contribution is 2.05. The zero-order chi connectivity index (χ0) is 11.3. The molecule has 0 amide bonds. The summed E-state index contributed by atoms with van der Waals surface area (Å²) in [5.41, 5.74) is 7.83. The zero-order valence-electron chi connectivity index (χ0n) is 9.86. The van der Waals surface area contributed by atoms with Crippen molar-refractivity contribution in [3.05, 3.63) is 17.5 Å². The van der Waals surface area contributed by atoms with Gasteiger partial charge in [0, 0.05) is 24.4 Å². The van der Waals surface area contributed by atoms with Crippen molar-refractivity contribution in [1.29, 1.82) is 0 Å². The molecule has 0 aliphatic carbocycles. The Balaban J connectivity index is 2.34. The lowest BCUT2D eigenvalue weighted by Crippen LogP contribution is -2.12. The van der Waals surface area contributed by atoms with E-state index in [1.165, 1.54) is 0 Å². The lowest BCUT2D eigenvalue weighted by Gasteiger charge is -2.08. The third-order valence-electron chi connectivity index (χ3n) is 2.32. The van der Waals surface area contributed by atoms with Gasteiger partial charge < -0.3 is 10.5 Å². The molecule has 1 aromatic rings. The third kappa shape index (κ3) is 3.64. The van der Waals surface area contributed by atoms with E-state index in [0.717, 1.165) is 24.4 Å². The van der Waals surface area contributed by atoms with Crippen molar-refractivity contribution >= 4 is 0 Å². The molecule has 0 aliphatic heterocycles. The van der Waals surface area contributed by atoms with Crippen LogP contribution in [0.25, 0.3) is 0 Å². The average molecular weight is 211 g/mol. The van der Waals surface area contributed by atoms with Gasteiger partial charge in [-0.15, -0.1) is 0 Å². The third-order valence-corrected chi connectivity index (χ3v) is 2.32. The first-order chi connectivity index (χ1) is 7.15. The van der Waals surface area contributed by atoms with E-state index in [-0.39, 0.29) is 0 Å². The Bertz CT molecular complexity index is 294. The minimum atomic E-state index is 0.554. The number of ether oxygens (including phenoxy) is 1. The number of hydrogen-bond donors (Lipinski definition) is 1. The van der Waals surface area contributed by atoms with Gasteiger partial charge in [0.15, 0.2) is 0 Å². The topological polar surface area (TPSA) is 53.1 Å². The number of hydrogen-bond acceptors (Lipinski definition) is 3. The van der Waals surface area contributed by atoms with Crippen molar-refractivity contribution in [3.8, 4) is 0 Å². The van der Waals surface area contributed by atoms with Crippen LogP contribution in [0.1, 0.15) is 25.1 Å². The highest BCUT2D eigenvalue weighted by molar-refractivity contribution is 5.15. The second-order valence-electron chi connectivity index (χ2n) is 4.15. The molecule has 1 aromatic heterocycles. The predicted octanol–water partition coefficient (Wildman–Crippen LogP) is 1.32. The molecule has 1 rings (SSSR count). The van der Waals surface area contributed by atoms with Crippen molar-refractivity contribution in [2.24, 2.45) is 11.7 Å². The molecule has 0 unspecified atom stereocenters. The monoisotopic (exact) mass is 211 g/mol. The summed E-state index contributed by atoms with van der Waals surface area (Å²) in [6.07, 6.45) is 1.83. The van der Waals surface area contributed by atoms with Crippen LogP contribution in [0.2, 0.25) is 0 Å². The van der Waals surface area contributed by atoms with Crippen LogP contribution in [0, 0.1) is 12.8 Å². The van der Waals surface area contributed by atoms with E-state index in [0.29, 0.717) is 19.1 Å². The summed E-state index contributed by atoms with van der Waals surface area (Å²) < 4.78 is 7.45. The quantitative estimate of drug-likeness (QED) is 0.722. The van der Waals surface area contributed by atoms with Gasteiger partial charge in [-0.2, -0.15) is 5.10 Å². The molecular formula is C11H21N3O. The van der Waals surface area contributed by atoms with E-state index in [1.54, 1.807) is 0 Å². The summed E-state index contributed by atoms with van der Waals surface area (Å²) in [4.78, 5) is 0. The minimum absolute atomic E-state index is 0.554. The molecule has 0 saturated heterocycles. The van der Waals surface area contributed by atoms with Crippen molar-refractivity contribution in [1.82, 2.24) is 9.78 Å². The molecule has 86 valence electrons. The maximum Gasteiger partial charge on any atom is 0.0662 e. The Kier molecular flexibility index (Phi) is 4.78. The molecule has 4 nitrogen and oxygen atoms in total.